The van der Waals surface area contributed by atoms with E-state index < -0.39 is 17.7 Å². The third kappa shape index (κ3) is 4.62. The Morgan fingerprint density at radius 3 is 2.74 bits per heavy atom. The summed E-state index contributed by atoms with van der Waals surface area (Å²) in [5.41, 5.74) is 1.92. The summed E-state index contributed by atoms with van der Waals surface area (Å²) in [6.07, 6.45) is 1.51. The van der Waals surface area contributed by atoms with Gasteiger partial charge in [0.2, 0.25) is 0 Å². The SMILES string of the molecule is CCOC(=O)CCN(C(=O)c1ccc2nc[nH]c2c1)c1ccccc1F.Cl. The highest BCUT2D eigenvalue weighted by molar-refractivity contribution is 6.07. The van der Waals surface area contributed by atoms with Gasteiger partial charge in [0.25, 0.3) is 5.91 Å². The number of amides is 1. The molecule has 2 aromatic carbocycles. The molecule has 1 amide bonds. The van der Waals surface area contributed by atoms with Crippen LogP contribution in [0, 0.1) is 5.82 Å². The quantitative estimate of drug-likeness (QED) is 0.650. The van der Waals surface area contributed by atoms with E-state index in [4.69, 9.17) is 4.74 Å². The van der Waals surface area contributed by atoms with E-state index in [0.717, 1.165) is 5.52 Å². The molecule has 0 saturated carbocycles. The van der Waals surface area contributed by atoms with Gasteiger partial charge in [0.15, 0.2) is 0 Å². The number of carbonyl (C=O) groups is 2. The summed E-state index contributed by atoms with van der Waals surface area (Å²) in [6.45, 7) is 1.97. The second kappa shape index (κ2) is 9.14. The van der Waals surface area contributed by atoms with Crippen LogP contribution in [0.2, 0.25) is 0 Å². The number of hydrogen-bond donors (Lipinski definition) is 1. The molecule has 0 saturated heterocycles. The minimum absolute atomic E-state index is 0. The summed E-state index contributed by atoms with van der Waals surface area (Å²) in [6, 6.07) is 11.0. The number of esters is 1. The Morgan fingerprint density at radius 2 is 2.00 bits per heavy atom. The molecule has 0 aliphatic heterocycles. The second-order valence-electron chi connectivity index (χ2n) is 5.60. The van der Waals surface area contributed by atoms with E-state index in [1.54, 1.807) is 37.3 Å². The van der Waals surface area contributed by atoms with Gasteiger partial charge in [-0.1, -0.05) is 12.1 Å². The number of carbonyl (C=O) groups excluding carboxylic acids is 2. The fraction of sp³-hybridized carbons (Fsp3) is 0.211. The third-order valence-electron chi connectivity index (χ3n) is 3.90. The highest BCUT2D eigenvalue weighted by atomic mass is 35.5. The lowest BCUT2D eigenvalue weighted by Gasteiger charge is -2.23. The van der Waals surface area contributed by atoms with E-state index in [0.29, 0.717) is 11.1 Å². The number of aromatic nitrogens is 2. The van der Waals surface area contributed by atoms with Crippen LogP contribution in [0.3, 0.4) is 0 Å². The molecule has 1 N–H and O–H groups in total. The first-order chi connectivity index (χ1) is 12.6. The number of benzene rings is 2. The van der Waals surface area contributed by atoms with Gasteiger partial charge >= 0.3 is 5.97 Å². The van der Waals surface area contributed by atoms with Crippen LogP contribution in [0.25, 0.3) is 11.0 Å². The molecule has 3 rings (SSSR count). The van der Waals surface area contributed by atoms with Crippen molar-refractivity contribution in [1.29, 1.82) is 0 Å². The average Bonchev–Trinajstić information content (AvgIpc) is 3.11. The number of para-hydroxylation sites is 1. The van der Waals surface area contributed by atoms with Crippen molar-refractivity contribution >= 4 is 41.0 Å². The average molecular weight is 392 g/mol. The maximum absolute atomic E-state index is 14.3. The molecular formula is C19H19ClFN3O3. The summed E-state index contributed by atoms with van der Waals surface area (Å²) in [5, 5.41) is 0. The molecule has 0 unspecified atom stereocenters. The smallest absolute Gasteiger partial charge is 0.307 e. The zero-order valence-corrected chi connectivity index (χ0v) is 15.5. The Labute approximate surface area is 161 Å². The first-order valence-corrected chi connectivity index (χ1v) is 8.25. The van der Waals surface area contributed by atoms with Crippen LogP contribution in [0.4, 0.5) is 10.1 Å². The van der Waals surface area contributed by atoms with Crippen LogP contribution in [0.1, 0.15) is 23.7 Å². The molecule has 142 valence electrons. The Balaban J connectivity index is 0.00000261. The predicted molar refractivity (Wildman–Crippen MR) is 103 cm³/mol. The number of nitrogens with one attached hydrogen (secondary N) is 1. The number of anilines is 1. The van der Waals surface area contributed by atoms with Gasteiger partial charge < -0.3 is 14.6 Å². The predicted octanol–water partition coefficient (Wildman–Crippen LogP) is 3.72. The van der Waals surface area contributed by atoms with Crippen LogP contribution in [-0.2, 0) is 9.53 Å². The lowest BCUT2D eigenvalue weighted by molar-refractivity contribution is -0.142. The van der Waals surface area contributed by atoms with Crippen molar-refractivity contribution in [2.45, 2.75) is 13.3 Å². The lowest BCUT2D eigenvalue weighted by Crippen LogP contribution is -2.34. The second-order valence-corrected chi connectivity index (χ2v) is 5.60. The lowest BCUT2D eigenvalue weighted by atomic mass is 10.1. The first kappa shape index (κ1) is 20.4. The molecule has 3 aromatic rings. The number of halogens is 2. The van der Waals surface area contributed by atoms with Crippen LogP contribution in [0.15, 0.2) is 48.8 Å². The number of rotatable bonds is 6. The molecular weight excluding hydrogens is 373 g/mol. The molecule has 0 spiro atoms. The molecule has 0 bridgehead atoms. The highest BCUT2D eigenvalue weighted by Gasteiger charge is 2.22. The van der Waals surface area contributed by atoms with Crippen molar-refractivity contribution in [2.75, 3.05) is 18.1 Å². The Morgan fingerprint density at radius 1 is 1.22 bits per heavy atom. The minimum atomic E-state index is -0.535. The van der Waals surface area contributed by atoms with Gasteiger partial charge in [0, 0.05) is 12.1 Å². The molecule has 0 aliphatic carbocycles. The van der Waals surface area contributed by atoms with Gasteiger partial charge in [-0.15, -0.1) is 12.4 Å². The van der Waals surface area contributed by atoms with Crippen LogP contribution >= 0.6 is 12.4 Å². The van der Waals surface area contributed by atoms with Crippen molar-refractivity contribution in [3.63, 3.8) is 0 Å². The third-order valence-corrected chi connectivity index (χ3v) is 3.90. The summed E-state index contributed by atoms with van der Waals surface area (Å²) in [5.74, 6) is -1.38. The fourth-order valence-electron chi connectivity index (χ4n) is 2.66. The number of aromatic amines is 1. The van der Waals surface area contributed by atoms with Crippen molar-refractivity contribution in [2.24, 2.45) is 0 Å². The van der Waals surface area contributed by atoms with Crippen LogP contribution in [-0.4, -0.2) is 35.0 Å². The number of H-pyrrole nitrogens is 1. The van der Waals surface area contributed by atoms with Gasteiger partial charge in [0.1, 0.15) is 5.82 Å². The normalized spacial score (nSPS) is 10.3. The topological polar surface area (TPSA) is 75.3 Å². The molecule has 0 fully saturated rings. The van der Waals surface area contributed by atoms with E-state index in [9.17, 15) is 14.0 Å². The highest BCUT2D eigenvalue weighted by Crippen LogP contribution is 2.22. The number of imidazole rings is 1. The molecule has 27 heavy (non-hydrogen) atoms. The van der Waals surface area contributed by atoms with E-state index >= 15 is 0 Å². The standard InChI is InChI=1S/C19H18FN3O3.ClH/c1-2-26-18(24)9-10-23(17-6-4-3-5-14(17)20)19(25)13-7-8-15-16(11-13)22-12-21-15;/h3-8,11-12H,2,9-10H2,1H3,(H,21,22);1H. The van der Waals surface area contributed by atoms with Crippen molar-refractivity contribution < 1.29 is 18.7 Å². The maximum atomic E-state index is 14.3. The van der Waals surface area contributed by atoms with Gasteiger partial charge in [-0.05, 0) is 37.3 Å². The number of nitrogens with zero attached hydrogens (tertiary/aromatic N) is 2. The maximum Gasteiger partial charge on any atom is 0.307 e. The zero-order valence-electron chi connectivity index (χ0n) is 14.6. The Hall–Kier alpha value is -2.93. The van der Waals surface area contributed by atoms with Crippen molar-refractivity contribution in [1.82, 2.24) is 9.97 Å². The molecule has 1 heterocycles. The summed E-state index contributed by atoms with van der Waals surface area (Å²) >= 11 is 0. The van der Waals surface area contributed by atoms with E-state index in [-0.39, 0.29) is 37.7 Å². The largest absolute Gasteiger partial charge is 0.466 e. The molecule has 0 radical (unpaired) electrons. The molecule has 0 aliphatic rings. The summed E-state index contributed by atoms with van der Waals surface area (Å²) in [4.78, 5) is 33.0. The van der Waals surface area contributed by atoms with Gasteiger partial charge in [0.05, 0.1) is 36.1 Å². The van der Waals surface area contributed by atoms with E-state index in [1.807, 2.05) is 0 Å². The monoisotopic (exact) mass is 391 g/mol. The summed E-state index contributed by atoms with van der Waals surface area (Å²) < 4.78 is 19.2. The summed E-state index contributed by atoms with van der Waals surface area (Å²) in [7, 11) is 0. The minimum Gasteiger partial charge on any atom is -0.466 e. The molecule has 6 nitrogen and oxygen atoms in total. The van der Waals surface area contributed by atoms with Crippen molar-refractivity contribution in [3.8, 4) is 0 Å². The molecule has 1 aromatic heterocycles. The van der Waals surface area contributed by atoms with Crippen LogP contribution < -0.4 is 4.90 Å². The van der Waals surface area contributed by atoms with Gasteiger partial charge in [-0.3, -0.25) is 9.59 Å². The number of hydrogen-bond acceptors (Lipinski definition) is 4. The fourth-order valence-corrected chi connectivity index (χ4v) is 2.66. The van der Waals surface area contributed by atoms with E-state index in [1.165, 1.54) is 23.4 Å². The molecule has 0 atom stereocenters. The Bertz CT molecular complexity index is 945. The number of ether oxygens (including phenoxy) is 1. The van der Waals surface area contributed by atoms with Gasteiger partial charge in [-0.2, -0.15) is 0 Å². The first-order valence-electron chi connectivity index (χ1n) is 8.25. The molecule has 8 heteroatoms. The Kier molecular flexibility index (Phi) is 6.90. The van der Waals surface area contributed by atoms with Gasteiger partial charge in [-0.25, -0.2) is 9.37 Å². The zero-order chi connectivity index (χ0) is 18.5. The van der Waals surface area contributed by atoms with Crippen LogP contribution in [0.5, 0.6) is 0 Å². The van der Waals surface area contributed by atoms with E-state index in [2.05, 4.69) is 9.97 Å². The number of fused-ring (bicyclic) bond motifs is 1. The van der Waals surface area contributed by atoms with Crippen molar-refractivity contribution in [3.05, 3.63) is 60.2 Å².